The molecule has 2 aromatic carbocycles. The van der Waals surface area contributed by atoms with E-state index in [9.17, 15) is 13.2 Å². The summed E-state index contributed by atoms with van der Waals surface area (Å²) in [5.74, 6) is 0.490. The molecular weight excluding hydrogens is 388 g/mol. The van der Waals surface area contributed by atoms with Crippen LogP contribution < -0.4 is 10.1 Å². The number of carbonyl (C=O) groups is 1. The van der Waals surface area contributed by atoms with Crippen molar-refractivity contribution in [2.75, 3.05) is 25.0 Å². The van der Waals surface area contributed by atoms with Crippen LogP contribution >= 0.6 is 0 Å². The van der Waals surface area contributed by atoms with E-state index in [2.05, 4.69) is 5.32 Å². The van der Waals surface area contributed by atoms with Gasteiger partial charge in [-0.15, -0.1) is 0 Å². The first-order valence-electron chi connectivity index (χ1n) is 10.1. The highest BCUT2D eigenvalue weighted by Crippen LogP contribution is 2.26. The standard InChI is InChI=1S/C22H28N2O4S/c1-18-11-12-19(23-22(25)13-16-28-20-9-5-4-6-10-20)17-21(18)29(26,27)24-14-7-2-3-8-15-24/h4-6,9-12,17H,2-3,7-8,13-16H2,1H3,(H,23,25). The number of amides is 1. The fourth-order valence-electron chi connectivity index (χ4n) is 3.38. The second kappa shape index (κ2) is 9.89. The van der Waals surface area contributed by atoms with E-state index >= 15 is 0 Å². The highest BCUT2D eigenvalue weighted by molar-refractivity contribution is 7.89. The van der Waals surface area contributed by atoms with E-state index in [4.69, 9.17) is 4.74 Å². The summed E-state index contributed by atoms with van der Waals surface area (Å²) in [5.41, 5.74) is 1.16. The number of rotatable bonds is 7. The van der Waals surface area contributed by atoms with Gasteiger partial charge in [-0.1, -0.05) is 37.1 Å². The van der Waals surface area contributed by atoms with Crippen molar-refractivity contribution in [1.29, 1.82) is 0 Å². The smallest absolute Gasteiger partial charge is 0.243 e. The van der Waals surface area contributed by atoms with Gasteiger partial charge in [0.25, 0.3) is 0 Å². The van der Waals surface area contributed by atoms with Crippen molar-refractivity contribution in [2.24, 2.45) is 0 Å². The lowest BCUT2D eigenvalue weighted by Gasteiger charge is -2.21. The quantitative estimate of drug-likeness (QED) is 0.741. The van der Waals surface area contributed by atoms with Crippen molar-refractivity contribution in [3.8, 4) is 5.75 Å². The molecule has 7 heteroatoms. The van der Waals surface area contributed by atoms with Gasteiger partial charge in [0.2, 0.25) is 15.9 Å². The van der Waals surface area contributed by atoms with Crippen LogP contribution in [0.1, 0.15) is 37.7 Å². The first kappa shape index (κ1) is 21.3. The number of anilines is 1. The molecule has 0 unspecified atom stereocenters. The summed E-state index contributed by atoms with van der Waals surface area (Å²) in [5, 5.41) is 2.78. The molecule has 1 amide bonds. The van der Waals surface area contributed by atoms with Crippen LogP contribution in [0.2, 0.25) is 0 Å². The first-order valence-corrected chi connectivity index (χ1v) is 11.5. The Morgan fingerprint density at radius 1 is 1.03 bits per heavy atom. The monoisotopic (exact) mass is 416 g/mol. The van der Waals surface area contributed by atoms with Crippen molar-refractivity contribution < 1.29 is 17.9 Å². The van der Waals surface area contributed by atoms with Gasteiger partial charge in [0, 0.05) is 18.8 Å². The number of nitrogens with one attached hydrogen (secondary N) is 1. The Kier molecular flexibility index (Phi) is 7.28. The first-order chi connectivity index (χ1) is 14.0. The van der Waals surface area contributed by atoms with Crippen molar-refractivity contribution >= 4 is 21.6 Å². The maximum Gasteiger partial charge on any atom is 0.243 e. The van der Waals surface area contributed by atoms with Crippen LogP contribution in [0.5, 0.6) is 5.75 Å². The second-order valence-corrected chi connectivity index (χ2v) is 9.16. The summed E-state index contributed by atoms with van der Waals surface area (Å²) in [6.45, 7) is 3.13. The molecular formula is C22H28N2O4S. The molecule has 0 aliphatic carbocycles. The molecule has 0 spiro atoms. The van der Waals surface area contributed by atoms with Crippen LogP contribution in [0.3, 0.4) is 0 Å². The van der Waals surface area contributed by atoms with Crippen molar-refractivity contribution in [1.82, 2.24) is 4.31 Å². The second-order valence-electron chi connectivity index (χ2n) is 7.26. The minimum Gasteiger partial charge on any atom is -0.493 e. The molecule has 1 saturated heterocycles. The SMILES string of the molecule is Cc1ccc(NC(=O)CCOc2ccccc2)cc1S(=O)(=O)N1CCCCCC1. The molecule has 0 atom stereocenters. The largest absolute Gasteiger partial charge is 0.493 e. The van der Waals surface area contributed by atoms with Gasteiger partial charge in [-0.05, 0) is 49.6 Å². The molecule has 2 aromatic rings. The molecule has 1 N–H and O–H groups in total. The van der Waals surface area contributed by atoms with Crippen molar-refractivity contribution in [2.45, 2.75) is 43.9 Å². The Morgan fingerprint density at radius 2 is 1.72 bits per heavy atom. The van der Waals surface area contributed by atoms with Crippen molar-refractivity contribution in [3.63, 3.8) is 0 Å². The van der Waals surface area contributed by atoms with E-state index < -0.39 is 10.0 Å². The average Bonchev–Trinajstić information content (AvgIpc) is 3.00. The number of sulfonamides is 1. The minimum absolute atomic E-state index is 0.178. The van der Waals surface area contributed by atoms with Gasteiger partial charge in [-0.2, -0.15) is 4.31 Å². The molecule has 1 heterocycles. The summed E-state index contributed by atoms with van der Waals surface area (Å²) in [6, 6.07) is 14.3. The zero-order valence-electron chi connectivity index (χ0n) is 16.8. The Balaban J connectivity index is 1.64. The number of hydrogen-bond acceptors (Lipinski definition) is 4. The van der Waals surface area contributed by atoms with Crippen LogP contribution in [0.25, 0.3) is 0 Å². The highest BCUT2D eigenvalue weighted by atomic mass is 32.2. The molecule has 0 aromatic heterocycles. The van der Waals surface area contributed by atoms with Gasteiger partial charge >= 0.3 is 0 Å². The minimum atomic E-state index is -3.57. The van der Waals surface area contributed by atoms with Crippen molar-refractivity contribution in [3.05, 3.63) is 54.1 Å². The normalized spacial score (nSPS) is 15.5. The summed E-state index contributed by atoms with van der Waals surface area (Å²) in [4.78, 5) is 12.5. The molecule has 0 radical (unpaired) electrons. The number of benzene rings is 2. The van der Waals surface area contributed by atoms with Crippen LogP contribution in [-0.2, 0) is 14.8 Å². The fourth-order valence-corrected chi connectivity index (χ4v) is 5.15. The van der Waals surface area contributed by atoms with E-state index in [0.29, 0.717) is 30.1 Å². The van der Waals surface area contributed by atoms with Crippen LogP contribution in [-0.4, -0.2) is 38.3 Å². The Bertz CT molecular complexity index is 921. The van der Waals surface area contributed by atoms with Gasteiger partial charge in [-0.25, -0.2) is 8.42 Å². The number of para-hydroxylation sites is 1. The van der Waals surface area contributed by atoms with Gasteiger partial charge in [-0.3, -0.25) is 4.79 Å². The molecule has 0 saturated carbocycles. The molecule has 1 aliphatic heterocycles. The van der Waals surface area contributed by atoms with E-state index in [0.717, 1.165) is 25.7 Å². The third kappa shape index (κ3) is 5.81. The summed E-state index contributed by atoms with van der Waals surface area (Å²) in [7, 11) is -3.57. The third-order valence-corrected chi connectivity index (χ3v) is 7.04. The molecule has 6 nitrogen and oxygen atoms in total. The summed E-state index contributed by atoms with van der Waals surface area (Å²) < 4.78 is 33.4. The zero-order valence-corrected chi connectivity index (χ0v) is 17.6. The van der Waals surface area contributed by atoms with E-state index in [1.165, 1.54) is 0 Å². The highest BCUT2D eigenvalue weighted by Gasteiger charge is 2.27. The lowest BCUT2D eigenvalue weighted by molar-refractivity contribution is -0.116. The van der Waals surface area contributed by atoms with E-state index in [-0.39, 0.29) is 23.8 Å². The maximum atomic E-state index is 13.1. The number of aryl methyl sites for hydroxylation is 1. The number of hydrogen-bond donors (Lipinski definition) is 1. The van der Waals surface area contributed by atoms with Gasteiger partial charge in [0.1, 0.15) is 5.75 Å². The number of nitrogens with zero attached hydrogens (tertiary/aromatic N) is 1. The average molecular weight is 417 g/mol. The van der Waals surface area contributed by atoms with E-state index in [1.54, 1.807) is 29.4 Å². The van der Waals surface area contributed by atoms with E-state index in [1.807, 2.05) is 30.3 Å². The van der Waals surface area contributed by atoms with Gasteiger partial charge < -0.3 is 10.1 Å². The maximum absolute atomic E-state index is 13.1. The molecule has 3 rings (SSSR count). The summed E-state index contributed by atoms with van der Waals surface area (Å²) >= 11 is 0. The molecule has 29 heavy (non-hydrogen) atoms. The Hall–Kier alpha value is -2.38. The molecule has 156 valence electrons. The topological polar surface area (TPSA) is 75.7 Å². The lowest BCUT2D eigenvalue weighted by Crippen LogP contribution is -2.32. The van der Waals surface area contributed by atoms with Crippen LogP contribution in [0.15, 0.2) is 53.4 Å². The third-order valence-electron chi connectivity index (χ3n) is 5.00. The Morgan fingerprint density at radius 3 is 2.41 bits per heavy atom. The Labute approximate surface area is 172 Å². The molecule has 1 aliphatic rings. The predicted molar refractivity (Wildman–Crippen MR) is 114 cm³/mol. The number of carbonyl (C=O) groups excluding carboxylic acids is 1. The lowest BCUT2D eigenvalue weighted by atomic mass is 10.2. The fraction of sp³-hybridized carbons (Fsp3) is 0.409. The van der Waals surface area contributed by atoms with Crippen LogP contribution in [0.4, 0.5) is 5.69 Å². The zero-order chi connectivity index (χ0) is 20.7. The van der Waals surface area contributed by atoms with Gasteiger partial charge in [0.05, 0.1) is 17.9 Å². The number of ether oxygens (including phenoxy) is 1. The molecule has 0 bridgehead atoms. The van der Waals surface area contributed by atoms with Crippen LogP contribution in [0, 0.1) is 6.92 Å². The van der Waals surface area contributed by atoms with Gasteiger partial charge in [0.15, 0.2) is 0 Å². The summed E-state index contributed by atoms with van der Waals surface area (Å²) in [6.07, 6.45) is 4.07. The predicted octanol–water partition coefficient (Wildman–Crippen LogP) is 3.97. The molecule has 1 fully saturated rings.